The van der Waals surface area contributed by atoms with Crippen molar-refractivity contribution < 1.29 is 4.92 Å². The van der Waals surface area contributed by atoms with Crippen molar-refractivity contribution in [1.82, 2.24) is 5.32 Å². The molecular formula is C25H32ClN3O2S. The van der Waals surface area contributed by atoms with Crippen LogP contribution in [-0.4, -0.2) is 22.0 Å². The van der Waals surface area contributed by atoms with Crippen LogP contribution >= 0.6 is 23.8 Å². The molecule has 1 unspecified atom stereocenters. The molecule has 1 N–H and O–H groups in total. The molecular weight excluding hydrogens is 442 g/mol. The number of nitrogens with one attached hydrogen (secondary N) is 1. The highest BCUT2D eigenvalue weighted by molar-refractivity contribution is 7.80. The number of hydrogen-bond acceptors (Lipinski definition) is 4. The summed E-state index contributed by atoms with van der Waals surface area (Å²) in [6, 6.07) is 15.0. The second-order valence-electron chi connectivity index (χ2n) is 9.02. The molecule has 0 bridgehead atoms. The molecule has 0 amide bonds. The van der Waals surface area contributed by atoms with E-state index in [2.05, 4.69) is 24.1 Å². The number of benzene rings is 2. The van der Waals surface area contributed by atoms with E-state index in [9.17, 15) is 10.1 Å². The van der Waals surface area contributed by atoms with Gasteiger partial charge in [0.1, 0.15) is 0 Å². The number of anilines is 1. The molecule has 1 fully saturated rings. The molecule has 1 aliphatic carbocycles. The van der Waals surface area contributed by atoms with Gasteiger partial charge in [-0.25, -0.2) is 0 Å². The number of non-ortho nitro benzene ring substituents is 1. The van der Waals surface area contributed by atoms with Crippen LogP contribution in [0.1, 0.15) is 57.9 Å². The van der Waals surface area contributed by atoms with Crippen LogP contribution in [0.25, 0.3) is 0 Å². The Kier molecular flexibility index (Phi) is 8.88. The summed E-state index contributed by atoms with van der Waals surface area (Å²) in [5, 5.41) is 15.5. The second-order valence-corrected chi connectivity index (χ2v) is 9.89. The van der Waals surface area contributed by atoms with Crippen molar-refractivity contribution in [2.24, 2.45) is 5.92 Å². The number of rotatable bonds is 9. The highest BCUT2D eigenvalue weighted by Gasteiger charge is 2.27. The van der Waals surface area contributed by atoms with Crippen LogP contribution in [0, 0.1) is 16.0 Å². The Balaban J connectivity index is 1.92. The predicted molar refractivity (Wildman–Crippen MR) is 137 cm³/mol. The third-order valence-electron chi connectivity index (χ3n) is 5.98. The highest BCUT2D eigenvalue weighted by Crippen LogP contribution is 2.28. The lowest BCUT2D eigenvalue weighted by atomic mass is 9.94. The van der Waals surface area contributed by atoms with Gasteiger partial charge in [0.05, 0.1) is 16.0 Å². The number of nitro benzene ring substituents is 1. The monoisotopic (exact) mass is 473 g/mol. The Morgan fingerprint density at radius 1 is 1.12 bits per heavy atom. The van der Waals surface area contributed by atoms with Gasteiger partial charge in [0.15, 0.2) is 0 Å². The van der Waals surface area contributed by atoms with Gasteiger partial charge in [-0.2, -0.15) is 0 Å². The van der Waals surface area contributed by atoms with Crippen molar-refractivity contribution in [2.75, 3.05) is 4.90 Å². The third-order valence-corrected chi connectivity index (χ3v) is 6.63. The summed E-state index contributed by atoms with van der Waals surface area (Å²) in [4.78, 5) is 13.9. The zero-order chi connectivity index (χ0) is 23.1. The van der Waals surface area contributed by atoms with Gasteiger partial charge in [-0.1, -0.05) is 69.1 Å². The fourth-order valence-electron chi connectivity index (χ4n) is 4.30. The van der Waals surface area contributed by atoms with Gasteiger partial charge in [-0.05, 0) is 55.0 Å². The summed E-state index contributed by atoms with van der Waals surface area (Å²) in [5.41, 5.74) is 2.12. The van der Waals surface area contributed by atoms with Crippen LogP contribution in [0.15, 0.2) is 48.5 Å². The van der Waals surface area contributed by atoms with Gasteiger partial charge in [0, 0.05) is 35.4 Å². The molecule has 5 nitrogen and oxygen atoms in total. The number of hydrogen-bond donors (Lipinski definition) is 1. The van der Waals surface area contributed by atoms with E-state index in [-0.39, 0.29) is 16.7 Å². The zero-order valence-electron chi connectivity index (χ0n) is 18.8. The molecule has 0 spiro atoms. The van der Waals surface area contributed by atoms with Gasteiger partial charge < -0.3 is 10.2 Å². The fourth-order valence-corrected chi connectivity index (χ4v) is 4.82. The first-order chi connectivity index (χ1) is 15.3. The molecule has 0 radical (unpaired) electrons. The van der Waals surface area contributed by atoms with Gasteiger partial charge in [-0.15, -0.1) is 0 Å². The number of thiocarbonyl (C=S) groups is 1. The van der Waals surface area contributed by atoms with E-state index in [0.717, 1.165) is 35.5 Å². The van der Waals surface area contributed by atoms with Crippen molar-refractivity contribution in [3.8, 4) is 0 Å². The molecule has 1 atom stereocenters. The molecule has 0 aromatic heterocycles. The Bertz CT molecular complexity index is 896. The van der Waals surface area contributed by atoms with E-state index in [4.69, 9.17) is 23.8 Å². The lowest BCUT2D eigenvalue weighted by Crippen LogP contribution is -2.49. The van der Waals surface area contributed by atoms with Gasteiger partial charge in [0.25, 0.3) is 5.69 Å². The molecule has 1 aliphatic rings. The molecule has 0 heterocycles. The summed E-state index contributed by atoms with van der Waals surface area (Å²) in [7, 11) is 0. The summed E-state index contributed by atoms with van der Waals surface area (Å²) in [6.45, 7) is 5.04. The summed E-state index contributed by atoms with van der Waals surface area (Å²) in [5.74, 6) is 0.442. The van der Waals surface area contributed by atoms with Crippen LogP contribution in [-0.2, 0) is 6.54 Å². The average Bonchev–Trinajstić information content (AvgIpc) is 2.78. The topological polar surface area (TPSA) is 58.4 Å². The van der Waals surface area contributed by atoms with E-state index in [1.165, 1.54) is 19.3 Å². The molecule has 3 rings (SSSR count). The third kappa shape index (κ3) is 6.91. The lowest BCUT2D eigenvalue weighted by molar-refractivity contribution is -0.384. The molecule has 1 saturated carbocycles. The maximum absolute atomic E-state index is 11.2. The summed E-state index contributed by atoms with van der Waals surface area (Å²) >= 11 is 12.1. The molecule has 32 heavy (non-hydrogen) atoms. The Labute approximate surface area is 201 Å². The highest BCUT2D eigenvalue weighted by atomic mass is 35.5. The van der Waals surface area contributed by atoms with E-state index in [1.807, 2.05) is 36.4 Å². The van der Waals surface area contributed by atoms with Crippen molar-refractivity contribution >= 4 is 40.2 Å². The van der Waals surface area contributed by atoms with E-state index in [1.54, 1.807) is 12.1 Å². The van der Waals surface area contributed by atoms with Crippen molar-refractivity contribution in [1.29, 1.82) is 0 Å². The smallest absolute Gasteiger partial charge is 0.269 e. The van der Waals surface area contributed by atoms with Crippen LogP contribution in [0.2, 0.25) is 5.02 Å². The predicted octanol–water partition coefficient (Wildman–Crippen LogP) is 6.92. The van der Waals surface area contributed by atoms with Crippen LogP contribution in [0.3, 0.4) is 0 Å². The molecule has 7 heteroatoms. The Hall–Kier alpha value is -2.18. The number of nitro groups is 1. The molecule has 0 aliphatic heterocycles. The van der Waals surface area contributed by atoms with Crippen LogP contribution < -0.4 is 10.2 Å². The van der Waals surface area contributed by atoms with Crippen molar-refractivity contribution in [3.05, 3.63) is 69.2 Å². The molecule has 0 saturated heterocycles. The maximum Gasteiger partial charge on any atom is 0.269 e. The quantitative estimate of drug-likeness (QED) is 0.243. The lowest BCUT2D eigenvalue weighted by Gasteiger charge is -2.37. The zero-order valence-corrected chi connectivity index (χ0v) is 20.4. The van der Waals surface area contributed by atoms with E-state index < -0.39 is 0 Å². The SMILES string of the molecule is CC(C)CC(C(=S)NC1CCCCC1)N(Cc1ccc(Cl)cc1)c1ccc([N+](=O)[O-])cc1. The first-order valence-electron chi connectivity index (χ1n) is 11.4. The van der Waals surface area contributed by atoms with Gasteiger partial charge in [-0.3, -0.25) is 10.1 Å². The van der Waals surface area contributed by atoms with Gasteiger partial charge in [0.2, 0.25) is 0 Å². The van der Waals surface area contributed by atoms with Crippen molar-refractivity contribution in [2.45, 2.75) is 71.0 Å². The van der Waals surface area contributed by atoms with Crippen LogP contribution in [0.5, 0.6) is 0 Å². The van der Waals surface area contributed by atoms with Gasteiger partial charge >= 0.3 is 0 Å². The molecule has 2 aromatic rings. The minimum Gasteiger partial charge on any atom is -0.375 e. The second kappa shape index (κ2) is 11.6. The fraction of sp³-hybridized carbons (Fsp3) is 0.480. The van der Waals surface area contributed by atoms with Crippen molar-refractivity contribution in [3.63, 3.8) is 0 Å². The number of halogens is 1. The van der Waals surface area contributed by atoms with Crippen LogP contribution in [0.4, 0.5) is 11.4 Å². The Morgan fingerprint density at radius 3 is 2.31 bits per heavy atom. The van der Waals surface area contributed by atoms with E-state index in [0.29, 0.717) is 23.5 Å². The standard InChI is InChI=1S/C25H32ClN3O2S/c1-18(2)16-24(25(32)27-21-6-4-3-5-7-21)28(17-19-8-10-20(26)11-9-19)22-12-14-23(15-13-22)29(30)31/h8-15,18,21,24H,3-7,16-17H2,1-2H3,(H,27,32). The summed E-state index contributed by atoms with van der Waals surface area (Å²) in [6.07, 6.45) is 6.99. The minimum absolute atomic E-state index is 0.0101. The minimum atomic E-state index is -0.367. The molecule has 172 valence electrons. The first kappa shape index (κ1) is 24.5. The normalized spacial score (nSPS) is 15.4. The molecule has 2 aromatic carbocycles. The number of nitrogens with zero attached hydrogens (tertiary/aromatic N) is 2. The largest absolute Gasteiger partial charge is 0.375 e. The first-order valence-corrected chi connectivity index (χ1v) is 12.2. The average molecular weight is 474 g/mol. The summed E-state index contributed by atoms with van der Waals surface area (Å²) < 4.78 is 0. The maximum atomic E-state index is 11.2. The van der Waals surface area contributed by atoms with E-state index >= 15 is 0 Å². The Morgan fingerprint density at radius 2 is 1.75 bits per heavy atom.